The molecule has 1 aromatic rings. The summed E-state index contributed by atoms with van der Waals surface area (Å²) in [5, 5.41) is 16.2. The summed E-state index contributed by atoms with van der Waals surface area (Å²) in [6.45, 7) is 9.80. The van der Waals surface area contributed by atoms with E-state index in [-0.39, 0.29) is 18.4 Å². The number of carbonyl (C=O) groups is 1. The van der Waals surface area contributed by atoms with Crippen molar-refractivity contribution in [3.8, 4) is 0 Å². The molecule has 2 N–H and O–H groups in total. The molecule has 0 radical (unpaired) electrons. The molecule has 0 aliphatic carbocycles. The van der Waals surface area contributed by atoms with Crippen LogP contribution in [0.2, 0.25) is 0 Å². The second kappa shape index (κ2) is 8.84. The summed E-state index contributed by atoms with van der Waals surface area (Å²) < 4.78 is 1.90. The maximum atomic E-state index is 12.2. The van der Waals surface area contributed by atoms with Gasteiger partial charge in [0.05, 0.1) is 18.2 Å². The molecule has 1 aromatic heterocycles. The lowest BCUT2D eigenvalue weighted by Crippen LogP contribution is -2.43. The molecule has 1 atom stereocenters. The van der Waals surface area contributed by atoms with Crippen LogP contribution in [0.25, 0.3) is 0 Å². The third kappa shape index (κ3) is 5.18. The number of aromatic nitrogens is 2. The van der Waals surface area contributed by atoms with Gasteiger partial charge in [0.1, 0.15) is 0 Å². The second-order valence-corrected chi connectivity index (χ2v) is 6.19. The lowest BCUT2D eigenvalue weighted by atomic mass is 9.96. The molecule has 0 saturated carbocycles. The Morgan fingerprint density at radius 1 is 1.61 bits per heavy atom. The summed E-state index contributed by atoms with van der Waals surface area (Å²) in [6.07, 6.45) is 6.50. The SMILES string of the molecule is C=CCn1cc(CN2CCC[C@H](C(=O)NCCCO)C2)c(C)n1. The van der Waals surface area contributed by atoms with Gasteiger partial charge < -0.3 is 10.4 Å². The number of allylic oxidation sites excluding steroid dienone is 1. The monoisotopic (exact) mass is 320 g/mol. The Labute approximate surface area is 138 Å². The van der Waals surface area contributed by atoms with Crippen molar-refractivity contribution in [1.29, 1.82) is 0 Å². The standard InChI is InChI=1S/C17H28N4O2/c1-3-8-21-13-16(14(2)19-21)12-20-9-4-6-15(11-20)17(23)18-7-5-10-22/h3,13,15,22H,1,4-12H2,2H3,(H,18,23)/t15-/m0/s1. The van der Waals surface area contributed by atoms with E-state index < -0.39 is 0 Å². The fourth-order valence-electron chi connectivity index (χ4n) is 3.03. The third-order valence-electron chi connectivity index (χ3n) is 4.27. The van der Waals surface area contributed by atoms with Crippen molar-refractivity contribution in [3.63, 3.8) is 0 Å². The van der Waals surface area contributed by atoms with Gasteiger partial charge >= 0.3 is 0 Å². The minimum absolute atomic E-state index is 0.0472. The molecule has 6 heteroatoms. The van der Waals surface area contributed by atoms with Crippen molar-refractivity contribution < 1.29 is 9.90 Å². The molecule has 6 nitrogen and oxygen atoms in total. The first-order valence-electron chi connectivity index (χ1n) is 8.38. The Bertz CT molecular complexity index is 527. The van der Waals surface area contributed by atoms with Crippen LogP contribution in [0.15, 0.2) is 18.9 Å². The van der Waals surface area contributed by atoms with Gasteiger partial charge in [-0.1, -0.05) is 6.08 Å². The Hall–Kier alpha value is -1.66. The Morgan fingerprint density at radius 2 is 2.43 bits per heavy atom. The Kier molecular flexibility index (Phi) is 6.80. The first-order chi connectivity index (χ1) is 11.1. The predicted molar refractivity (Wildman–Crippen MR) is 89.9 cm³/mol. The summed E-state index contributed by atoms with van der Waals surface area (Å²) in [6, 6.07) is 0. The lowest BCUT2D eigenvalue weighted by Gasteiger charge is -2.31. The average molecular weight is 320 g/mol. The smallest absolute Gasteiger partial charge is 0.224 e. The van der Waals surface area contributed by atoms with Crippen molar-refractivity contribution in [2.24, 2.45) is 5.92 Å². The number of likely N-dealkylation sites (tertiary alicyclic amines) is 1. The number of aryl methyl sites for hydroxylation is 1. The number of hydrogen-bond donors (Lipinski definition) is 2. The van der Waals surface area contributed by atoms with Gasteiger partial charge in [0, 0.05) is 38.0 Å². The Balaban J connectivity index is 1.88. The van der Waals surface area contributed by atoms with Gasteiger partial charge in [0.2, 0.25) is 5.91 Å². The molecule has 0 spiro atoms. The van der Waals surface area contributed by atoms with Gasteiger partial charge in [0.25, 0.3) is 0 Å². The zero-order valence-electron chi connectivity index (χ0n) is 14.0. The molecule has 23 heavy (non-hydrogen) atoms. The van der Waals surface area contributed by atoms with E-state index in [0.29, 0.717) is 13.0 Å². The van der Waals surface area contributed by atoms with E-state index in [0.717, 1.165) is 44.7 Å². The van der Waals surface area contributed by atoms with Crippen LogP contribution >= 0.6 is 0 Å². The van der Waals surface area contributed by atoms with Crippen LogP contribution in [0.3, 0.4) is 0 Å². The molecule has 0 aromatic carbocycles. The van der Waals surface area contributed by atoms with Crippen molar-refractivity contribution in [1.82, 2.24) is 20.0 Å². The highest BCUT2D eigenvalue weighted by molar-refractivity contribution is 5.78. The van der Waals surface area contributed by atoms with E-state index in [1.807, 2.05) is 17.7 Å². The maximum absolute atomic E-state index is 12.2. The zero-order chi connectivity index (χ0) is 16.7. The van der Waals surface area contributed by atoms with E-state index in [2.05, 4.69) is 28.1 Å². The Morgan fingerprint density at radius 3 is 3.17 bits per heavy atom. The number of amides is 1. The van der Waals surface area contributed by atoms with Crippen LogP contribution in [0.5, 0.6) is 0 Å². The summed E-state index contributed by atoms with van der Waals surface area (Å²) in [4.78, 5) is 14.5. The number of nitrogens with one attached hydrogen (secondary N) is 1. The molecule has 2 heterocycles. The number of aliphatic hydroxyl groups excluding tert-OH is 1. The quantitative estimate of drug-likeness (QED) is 0.556. The maximum Gasteiger partial charge on any atom is 0.224 e. The molecule has 1 fully saturated rings. The molecule has 128 valence electrons. The molecule has 1 aliphatic rings. The van der Waals surface area contributed by atoms with E-state index in [4.69, 9.17) is 5.11 Å². The molecule has 0 bridgehead atoms. The highest BCUT2D eigenvalue weighted by Crippen LogP contribution is 2.19. The van der Waals surface area contributed by atoms with Crippen LogP contribution in [0.4, 0.5) is 0 Å². The van der Waals surface area contributed by atoms with Gasteiger partial charge in [-0.25, -0.2) is 0 Å². The van der Waals surface area contributed by atoms with Gasteiger partial charge in [-0.3, -0.25) is 14.4 Å². The fraction of sp³-hybridized carbons (Fsp3) is 0.647. The number of rotatable bonds is 8. The molecule has 1 aliphatic heterocycles. The van der Waals surface area contributed by atoms with Crippen LogP contribution in [-0.2, 0) is 17.9 Å². The van der Waals surface area contributed by atoms with Gasteiger partial charge in [0.15, 0.2) is 0 Å². The largest absolute Gasteiger partial charge is 0.396 e. The van der Waals surface area contributed by atoms with E-state index in [1.54, 1.807) is 0 Å². The minimum atomic E-state index is 0.0472. The van der Waals surface area contributed by atoms with Crippen LogP contribution in [0.1, 0.15) is 30.5 Å². The average Bonchev–Trinajstić information content (AvgIpc) is 2.88. The van der Waals surface area contributed by atoms with Crippen LogP contribution < -0.4 is 5.32 Å². The topological polar surface area (TPSA) is 70.4 Å². The van der Waals surface area contributed by atoms with Crippen molar-refractivity contribution in [2.45, 2.75) is 39.3 Å². The van der Waals surface area contributed by atoms with E-state index in [9.17, 15) is 4.79 Å². The summed E-state index contributed by atoms with van der Waals surface area (Å²) in [7, 11) is 0. The predicted octanol–water partition coefficient (Wildman–Crippen LogP) is 1.09. The number of hydrogen-bond acceptors (Lipinski definition) is 4. The molecule has 1 amide bonds. The van der Waals surface area contributed by atoms with E-state index in [1.165, 1.54) is 5.56 Å². The zero-order valence-corrected chi connectivity index (χ0v) is 14.0. The lowest BCUT2D eigenvalue weighted by molar-refractivity contribution is -0.126. The fourth-order valence-corrected chi connectivity index (χ4v) is 3.03. The van der Waals surface area contributed by atoms with Crippen LogP contribution in [-0.4, -0.2) is 51.9 Å². The summed E-state index contributed by atoms with van der Waals surface area (Å²) >= 11 is 0. The number of nitrogens with zero attached hydrogens (tertiary/aromatic N) is 3. The second-order valence-electron chi connectivity index (χ2n) is 6.19. The third-order valence-corrected chi connectivity index (χ3v) is 4.27. The molecular weight excluding hydrogens is 292 g/mol. The van der Waals surface area contributed by atoms with Gasteiger partial charge in [-0.15, -0.1) is 6.58 Å². The van der Waals surface area contributed by atoms with Crippen molar-refractivity contribution in [2.75, 3.05) is 26.2 Å². The summed E-state index contributed by atoms with van der Waals surface area (Å²) in [5.41, 5.74) is 2.26. The normalized spacial score (nSPS) is 18.8. The van der Waals surface area contributed by atoms with Gasteiger partial charge in [-0.2, -0.15) is 5.10 Å². The van der Waals surface area contributed by atoms with Crippen LogP contribution in [0, 0.1) is 12.8 Å². The minimum Gasteiger partial charge on any atom is -0.396 e. The first-order valence-corrected chi connectivity index (χ1v) is 8.38. The number of piperidine rings is 1. The molecule has 0 unspecified atom stereocenters. The molecule has 2 rings (SSSR count). The van der Waals surface area contributed by atoms with E-state index >= 15 is 0 Å². The molecular formula is C17H28N4O2. The van der Waals surface area contributed by atoms with Gasteiger partial charge in [-0.05, 0) is 32.7 Å². The van der Waals surface area contributed by atoms with Crippen molar-refractivity contribution in [3.05, 3.63) is 30.1 Å². The first kappa shape index (κ1) is 17.7. The highest BCUT2D eigenvalue weighted by atomic mass is 16.3. The van der Waals surface area contributed by atoms with Crippen molar-refractivity contribution >= 4 is 5.91 Å². The summed E-state index contributed by atoms with van der Waals surface area (Å²) in [5.74, 6) is 0.160. The number of aliphatic hydroxyl groups is 1. The highest BCUT2D eigenvalue weighted by Gasteiger charge is 2.26. The molecule has 1 saturated heterocycles. The number of carbonyl (C=O) groups excluding carboxylic acids is 1.